The molecule has 1 aliphatic carbocycles. The summed E-state index contributed by atoms with van der Waals surface area (Å²) >= 11 is 0. The number of piperidine rings is 1. The van der Waals surface area contributed by atoms with Crippen LogP contribution in [0.25, 0.3) is 0 Å². The second-order valence-electron chi connectivity index (χ2n) is 11.8. The molecule has 2 aliphatic rings. The third kappa shape index (κ3) is 8.84. The SMILES string of the molecule is CC[C@H](C)S(=O)(=O)NCCC[C@H](C)N(CCC1CCN(C(=O)OC(C)(C)C)CC1)C(=O)C1(C(N)=O)CC1. The summed E-state index contributed by atoms with van der Waals surface area (Å²) in [5.41, 5.74) is 3.98. The lowest BCUT2D eigenvalue weighted by molar-refractivity contribution is -0.145. The van der Waals surface area contributed by atoms with Crippen molar-refractivity contribution in [3.8, 4) is 0 Å². The van der Waals surface area contributed by atoms with Gasteiger partial charge in [0.25, 0.3) is 0 Å². The van der Waals surface area contributed by atoms with E-state index in [4.69, 9.17) is 10.5 Å². The number of primary amides is 1. The van der Waals surface area contributed by atoms with Crippen LogP contribution in [-0.2, 0) is 24.3 Å². The average Bonchev–Trinajstić information content (AvgIpc) is 3.63. The van der Waals surface area contributed by atoms with E-state index in [9.17, 15) is 22.8 Å². The Morgan fingerprint density at radius 1 is 1.16 bits per heavy atom. The number of likely N-dealkylation sites (tertiary alicyclic amines) is 1. The largest absolute Gasteiger partial charge is 0.444 e. The van der Waals surface area contributed by atoms with Crippen LogP contribution >= 0.6 is 0 Å². The highest BCUT2D eigenvalue weighted by Crippen LogP contribution is 2.47. The van der Waals surface area contributed by atoms with Crippen LogP contribution in [0, 0.1) is 11.3 Å². The molecule has 0 bridgehead atoms. The van der Waals surface area contributed by atoms with Crippen LogP contribution in [0.1, 0.15) is 92.9 Å². The number of amides is 3. The molecule has 2 rings (SSSR count). The van der Waals surface area contributed by atoms with Gasteiger partial charge in [-0.15, -0.1) is 0 Å². The van der Waals surface area contributed by atoms with Crippen molar-refractivity contribution in [1.82, 2.24) is 14.5 Å². The van der Waals surface area contributed by atoms with E-state index in [0.717, 1.165) is 19.3 Å². The van der Waals surface area contributed by atoms with E-state index in [1.807, 2.05) is 34.6 Å². The monoisotopic (exact) mass is 544 g/mol. The molecule has 214 valence electrons. The molecule has 2 fully saturated rings. The second kappa shape index (κ2) is 12.8. The Kier molecular flexibility index (Phi) is 10.8. The molecular weight excluding hydrogens is 496 g/mol. The number of carbonyl (C=O) groups excluding carboxylic acids is 3. The zero-order chi connectivity index (χ0) is 28.0. The summed E-state index contributed by atoms with van der Waals surface area (Å²) in [4.78, 5) is 41.4. The topological polar surface area (TPSA) is 139 Å². The summed E-state index contributed by atoms with van der Waals surface area (Å²) in [6.45, 7) is 13.1. The van der Waals surface area contributed by atoms with Crippen molar-refractivity contribution in [1.29, 1.82) is 0 Å². The van der Waals surface area contributed by atoms with Gasteiger partial charge in [-0.05, 0) is 91.9 Å². The summed E-state index contributed by atoms with van der Waals surface area (Å²) in [7, 11) is -3.34. The molecule has 0 unspecified atom stereocenters. The van der Waals surface area contributed by atoms with Crippen LogP contribution in [-0.4, -0.2) is 79.2 Å². The van der Waals surface area contributed by atoms with Crippen molar-refractivity contribution in [2.45, 2.75) is 110 Å². The molecule has 0 radical (unpaired) electrons. The van der Waals surface area contributed by atoms with Gasteiger partial charge in [0.15, 0.2) is 0 Å². The number of nitrogens with one attached hydrogen (secondary N) is 1. The Morgan fingerprint density at radius 2 is 1.76 bits per heavy atom. The fourth-order valence-electron chi connectivity index (χ4n) is 4.67. The number of hydrogen-bond donors (Lipinski definition) is 2. The van der Waals surface area contributed by atoms with Gasteiger partial charge < -0.3 is 20.3 Å². The van der Waals surface area contributed by atoms with Gasteiger partial charge in [-0.25, -0.2) is 17.9 Å². The summed E-state index contributed by atoms with van der Waals surface area (Å²) in [5, 5.41) is -0.449. The highest BCUT2D eigenvalue weighted by atomic mass is 32.2. The maximum absolute atomic E-state index is 13.4. The Bertz CT molecular complexity index is 905. The van der Waals surface area contributed by atoms with Crippen molar-refractivity contribution >= 4 is 27.9 Å². The first-order valence-electron chi connectivity index (χ1n) is 13.7. The van der Waals surface area contributed by atoms with Gasteiger partial charge >= 0.3 is 6.09 Å². The Labute approximate surface area is 223 Å². The number of carbonyl (C=O) groups is 3. The lowest BCUT2D eigenvalue weighted by atomic mass is 9.92. The molecule has 0 aromatic rings. The number of ether oxygens (including phenoxy) is 1. The van der Waals surface area contributed by atoms with Gasteiger partial charge in [0.05, 0.1) is 5.25 Å². The molecule has 11 heteroatoms. The maximum Gasteiger partial charge on any atom is 0.410 e. The van der Waals surface area contributed by atoms with Crippen molar-refractivity contribution < 1.29 is 27.5 Å². The van der Waals surface area contributed by atoms with Crippen molar-refractivity contribution in [3.05, 3.63) is 0 Å². The van der Waals surface area contributed by atoms with Crippen LogP contribution in [0.2, 0.25) is 0 Å². The highest BCUT2D eigenvalue weighted by Gasteiger charge is 2.57. The smallest absolute Gasteiger partial charge is 0.410 e. The normalized spacial score (nSPS) is 19.7. The minimum absolute atomic E-state index is 0.153. The van der Waals surface area contributed by atoms with Crippen molar-refractivity contribution in [2.24, 2.45) is 17.1 Å². The van der Waals surface area contributed by atoms with E-state index in [1.54, 1.807) is 16.7 Å². The third-order valence-corrected chi connectivity index (χ3v) is 9.67. The van der Waals surface area contributed by atoms with E-state index in [0.29, 0.717) is 64.2 Å². The summed E-state index contributed by atoms with van der Waals surface area (Å²) in [6, 6.07) is -0.153. The van der Waals surface area contributed by atoms with Crippen LogP contribution in [0.4, 0.5) is 4.79 Å². The molecule has 1 saturated heterocycles. The Morgan fingerprint density at radius 3 is 2.24 bits per heavy atom. The minimum atomic E-state index is -3.34. The zero-order valence-electron chi connectivity index (χ0n) is 23.5. The molecule has 0 spiro atoms. The minimum Gasteiger partial charge on any atom is -0.444 e. The van der Waals surface area contributed by atoms with Gasteiger partial charge in [0.1, 0.15) is 11.0 Å². The first-order chi connectivity index (χ1) is 17.1. The molecule has 2 atom stereocenters. The van der Waals surface area contributed by atoms with Crippen LogP contribution < -0.4 is 10.5 Å². The lowest BCUT2D eigenvalue weighted by Gasteiger charge is -2.36. The summed E-state index contributed by atoms with van der Waals surface area (Å²) < 4.78 is 32.6. The van der Waals surface area contributed by atoms with Gasteiger partial charge in [-0.3, -0.25) is 9.59 Å². The molecule has 3 N–H and O–H groups in total. The average molecular weight is 545 g/mol. The Hall–Kier alpha value is -1.88. The third-order valence-electron chi connectivity index (χ3n) is 7.67. The number of nitrogens with two attached hydrogens (primary N) is 1. The van der Waals surface area contributed by atoms with E-state index in [2.05, 4.69) is 4.72 Å². The van der Waals surface area contributed by atoms with E-state index in [1.165, 1.54) is 0 Å². The predicted octanol–water partition coefficient (Wildman–Crippen LogP) is 3.00. The van der Waals surface area contributed by atoms with E-state index in [-0.39, 0.29) is 18.0 Å². The Balaban J connectivity index is 1.93. The van der Waals surface area contributed by atoms with Gasteiger partial charge in [0.2, 0.25) is 21.8 Å². The molecule has 1 saturated carbocycles. The number of nitrogens with zero attached hydrogens (tertiary/aromatic N) is 2. The highest BCUT2D eigenvalue weighted by molar-refractivity contribution is 7.90. The van der Waals surface area contributed by atoms with Crippen molar-refractivity contribution in [2.75, 3.05) is 26.2 Å². The fraction of sp³-hybridized carbons (Fsp3) is 0.885. The summed E-state index contributed by atoms with van der Waals surface area (Å²) in [6.07, 6.45) is 4.83. The molecular formula is C26H48N4O6S. The number of hydrogen-bond acceptors (Lipinski definition) is 6. The first kappa shape index (κ1) is 31.3. The fourth-order valence-corrected chi connectivity index (χ4v) is 5.82. The van der Waals surface area contributed by atoms with Crippen LogP contribution in [0.5, 0.6) is 0 Å². The molecule has 0 aromatic heterocycles. The molecule has 1 aliphatic heterocycles. The van der Waals surface area contributed by atoms with Crippen molar-refractivity contribution in [3.63, 3.8) is 0 Å². The standard InChI is InChI=1S/C26H48N4O6S/c1-7-20(3)37(34,35)28-15-8-9-19(2)30(23(32)26(13-14-26)22(27)31)18-12-21-10-16-29(17-11-21)24(33)36-25(4,5)6/h19-21,28H,7-18H2,1-6H3,(H2,27,31)/t19-,20-/m0/s1. The number of sulfonamides is 1. The lowest BCUT2D eigenvalue weighted by Crippen LogP contribution is -2.48. The van der Waals surface area contributed by atoms with E-state index >= 15 is 0 Å². The molecule has 37 heavy (non-hydrogen) atoms. The second-order valence-corrected chi connectivity index (χ2v) is 14.0. The first-order valence-corrected chi connectivity index (χ1v) is 15.2. The van der Waals surface area contributed by atoms with Crippen LogP contribution in [0.15, 0.2) is 0 Å². The molecule has 3 amide bonds. The molecule has 1 heterocycles. The maximum atomic E-state index is 13.4. The molecule has 0 aromatic carbocycles. The zero-order valence-corrected chi connectivity index (χ0v) is 24.4. The van der Waals surface area contributed by atoms with Gasteiger partial charge in [-0.1, -0.05) is 6.92 Å². The number of rotatable bonds is 13. The molecule has 10 nitrogen and oxygen atoms in total. The van der Waals surface area contributed by atoms with Gasteiger partial charge in [0, 0.05) is 32.2 Å². The van der Waals surface area contributed by atoms with E-state index < -0.39 is 32.2 Å². The van der Waals surface area contributed by atoms with Gasteiger partial charge in [-0.2, -0.15) is 0 Å². The predicted molar refractivity (Wildman–Crippen MR) is 143 cm³/mol. The quantitative estimate of drug-likeness (QED) is 0.270. The summed E-state index contributed by atoms with van der Waals surface area (Å²) in [5.74, 6) is -0.423. The van der Waals surface area contributed by atoms with Crippen LogP contribution in [0.3, 0.4) is 0 Å².